The third kappa shape index (κ3) is 2.96. The third-order valence-electron chi connectivity index (χ3n) is 3.49. The first-order chi connectivity index (χ1) is 8.20. The molecule has 94 valence electrons. The second-order valence-corrected chi connectivity index (χ2v) is 4.85. The zero-order chi connectivity index (χ0) is 12.3. The fourth-order valence-electron chi connectivity index (χ4n) is 2.20. The van der Waals surface area contributed by atoms with Crippen LogP contribution in [0.25, 0.3) is 0 Å². The van der Waals surface area contributed by atoms with Gasteiger partial charge in [0.15, 0.2) is 0 Å². The number of aromatic nitrogens is 1. The molecule has 0 spiro atoms. The molecule has 1 fully saturated rings. The minimum Gasteiger partial charge on any atom is -0.396 e. The third-order valence-corrected chi connectivity index (χ3v) is 3.49. The number of nitrogens with two attached hydrogens (primary N) is 1. The smallest absolute Gasteiger partial charge is 0.128 e. The van der Waals surface area contributed by atoms with Crippen LogP contribution in [0.4, 0.5) is 5.82 Å². The summed E-state index contributed by atoms with van der Waals surface area (Å²) in [6.45, 7) is 4.24. The Balaban J connectivity index is 1.99. The van der Waals surface area contributed by atoms with E-state index in [0.29, 0.717) is 12.5 Å². The van der Waals surface area contributed by atoms with Gasteiger partial charge in [-0.05, 0) is 37.3 Å². The average Bonchev–Trinajstić information content (AvgIpc) is 2.39. The minimum atomic E-state index is 0.0386. The molecule has 0 bridgehead atoms. The molecule has 0 saturated carbocycles. The quantitative estimate of drug-likeness (QED) is 0.829. The molecule has 4 nitrogen and oxygen atoms in total. The Labute approximate surface area is 102 Å². The Morgan fingerprint density at radius 2 is 2.18 bits per heavy atom. The van der Waals surface area contributed by atoms with Crippen molar-refractivity contribution in [2.75, 3.05) is 24.6 Å². The van der Waals surface area contributed by atoms with Gasteiger partial charge in [0.2, 0.25) is 0 Å². The topological polar surface area (TPSA) is 62.4 Å². The van der Waals surface area contributed by atoms with E-state index < -0.39 is 0 Å². The van der Waals surface area contributed by atoms with Gasteiger partial charge < -0.3 is 15.7 Å². The molecule has 0 aromatic carbocycles. The summed E-state index contributed by atoms with van der Waals surface area (Å²) in [5.74, 6) is 1.49. The van der Waals surface area contributed by atoms with Crippen molar-refractivity contribution >= 4 is 5.82 Å². The Morgan fingerprint density at radius 1 is 1.47 bits per heavy atom. The van der Waals surface area contributed by atoms with Crippen LogP contribution >= 0.6 is 0 Å². The first-order valence-corrected chi connectivity index (χ1v) is 6.28. The molecule has 3 N–H and O–H groups in total. The van der Waals surface area contributed by atoms with Crippen LogP contribution in [0, 0.1) is 5.92 Å². The molecule has 1 aromatic rings. The van der Waals surface area contributed by atoms with Crippen LogP contribution in [0.1, 0.15) is 31.4 Å². The van der Waals surface area contributed by atoms with Gasteiger partial charge in [0.1, 0.15) is 5.82 Å². The Kier molecular flexibility index (Phi) is 3.97. The summed E-state index contributed by atoms with van der Waals surface area (Å²) in [5, 5.41) is 9.10. The van der Waals surface area contributed by atoms with E-state index in [0.717, 1.165) is 37.3 Å². The van der Waals surface area contributed by atoms with Crippen molar-refractivity contribution in [1.29, 1.82) is 0 Å². The lowest BCUT2D eigenvalue weighted by Gasteiger charge is -2.32. The van der Waals surface area contributed by atoms with Crippen LogP contribution in [0.3, 0.4) is 0 Å². The van der Waals surface area contributed by atoms with Gasteiger partial charge in [0.05, 0.1) is 0 Å². The number of pyridine rings is 1. The monoisotopic (exact) mass is 235 g/mol. The largest absolute Gasteiger partial charge is 0.396 e. The van der Waals surface area contributed by atoms with Gasteiger partial charge in [-0.2, -0.15) is 0 Å². The number of piperidine rings is 1. The molecule has 1 aliphatic rings. The summed E-state index contributed by atoms with van der Waals surface area (Å²) >= 11 is 0. The fourth-order valence-corrected chi connectivity index (χ4v) is 2.20. The van der Waals surface area contributed by atoms with Gasteiger partial charge in [-0.3, -0.25) is 0 Å². The van der Waals surface area contributed by atoms with Gasteiger partial charge in [0, 0.05) is 31.9 Å². The van der Waals surface area contributed by atoms with Crippen molar-refractivity contribution < 1.29 is 5.11 Å². The van der Waals surface area contributed by atoms with Crippen molar-refractivity contribution in [3.8, 4) is 0 Å². The van der Waals surface area contributed by atoms with Crippen LogP contribution < -0.4 is 10.6 Å². The highest BCUT2D eigenvalue weighted by Crippen LogP contribution is 2.22. The van der Waals surface area contributed by atoms with Gasteiger partial charge in [-0.25, -0.2) is 4.98 Å². The minimum absolute atomic E-state index is 0.0386. The lowest BCUT2D eigenvalue weighted by Crippen LogP contribution is -2.35. The Bertz CT molecular complexity index is 342. The molecule has 2 heterocycles. The van der Waals surface area contributed by atoms with E-state index in [9.17, 15) is 0 Å². The number of nitrogens with zero attached hydrogens (tertiary/aromatic N) is 2. The molecular weight excluding hydrogens is 214 g/mol. The van der Waals surface area contributed by atoms with Gasteiger partial charge >= 0.3 is 0 Å². The zero-order valence-corrected chi connectivity index (χ0v) is 10.3. The predicted octanol–water partition coefficient (Wildman–Crippen LogP) is 1.31. The standard InChI is InChI=1S/C13H21N3O/c1-10(14)12-2-3-13(15-8-12)16-6-4-11(9-17)5-7-16/h2-3,8,10-11,17H,4-7,9,14H2,1H3/t10-/m0/s1. The average molecular weight is 235 g/mol. The molecule has 0 unspecified atom stereocenters. The van der Waals surface area contributed by atoms with Gasteiger partial charge in [-0.15, -0.1) is 0 Å². The molecule has 0 amide bonds. The number of hydrogen-bond acceptors (Lipinski definition) is 4. The number of hydrogen-bond donors (Lipinski definition) is 2. The first-order valence-electron chi connectivity index (χ1n) is 6.28. The molecule has 2 rings (SSSR count). The van der Waals surface area contributed by atoms with E-state index >= 15 is 0 Å². The Morgan fingerprint density at radius 3 is 2.65 bits per heavy atom. The van der Waals surface area contributed by atoms with Crippen molar-refractivity contribution in [2.24, 2.45) is 11.7 Å². The number of rotatable bonds is 3. The summed E-state index contributed by atoms with van der Waals surface area (Å²) in [5.41, 5.74) is 6.87. The highest BCUT2D eigenvalue weighted by Gasteiger charge is 2.19. The summed E-state index contributed by atoms with van der Waals surface area (Å²) in [4.78, 5) is 6.73. The summed E-state index contributed by atoms with van der Waals surface area (Å²) in [7, 11) is 0. The van der Waals surface area contributed by atoms with Crippen molar-refractivity contribution in [3.63, 3.8) is 0 Å². The first kappa shape index (κ1) is 12.3. The van der Waals surface area contributed by atoms with Crippen LogP contribution in [0.2, 0.25) is 0 Å². The molecule has 1 aromatic heterocycles. The van der Waals surface area contributed by atoms with E-state index in [1.807, 2.05) is 25.3 Å². The van der Waals surface area contributed by atoms with E-state index in [1.165, 1.54) is 0 Å². The van der Waals surface area contributed by atoms with Crippen LogP contribution in [-0.2, 0) is 0 Å². The van der Waals surface area contributed by atoms with Crippen LogP contribution in [0.15, 0.2) is 18.3 Å². The molecule has 17 heavy (non-hydrogen) atoms. The lowest BCUT2D eigenvalue weighted by atomic mass is 9.98. The second-order valence-electron chi connectivity index (χ2n) is 4.85. The molecule has 1 atom stereocenters. The van der Waals surface area contributed by atoms with E-state index in [2.05, 4.69) is 9.88 Å². The second kappa shape index (κ2) is 5.47. The molecule has 1 aliphatic heterocycles. The number of aliphatic hydroxyl groups is 1. The van der Waals surface area contributed by atoms with Crippen molar-refractivity contribution in [2.45, 2.75) is 25.8 Å². The maximum atomic E-state index is 9.10. The van der Waals surface area contributed by atoms with Gasteiger partial charge in [0.25, 0.3) is 0 Å². The maximum Gasteiger partial charge on any atom is 0.128 e. The van der Waals surface area contributed by atoms with E-state index in [4.69, 9.17) is 10.8 Å². The normalized spacial score (nSPS) is 19.4. The zero-order valence-electron chi connectivity index (χ0n) is 10.3. The highest BCUT2D eigenvalue weighted by atomic mass is 16.3. The molecule has 0 aliphatic carbocycles. The predicted molar refractivity (Wildman–Crippen MR) is 68.9 cm³/mol. The molecular formula is C13H21N3O. The maximum absolute atomic E-state index is 9.10. The Hall–Kier alpha value is -1.13. The summed E-state index contributed by atoms with van der Waals surface area (Å²) in [6, 6.07) is 4.12. The summed E-state index contributed by atoms with van der Waals surface area (Å²) in [6.07, 6.45) is 3.96. The van der Waals surface area contributed by atoms with Crippen molar-refractivity contribution in [3.05, 3.63) is 23.9 Å². The van der Waals surface area contributed by atoms with Crippen molar-refractivity contribution in [1.82, 2.24) is 4.98 Å². The number of anilines is 1. The molecule has 4 heteroatoms. The van der Waals surface area contributed by atoms with E-state index in [-0.39, 0.29) is 6.04 Å². The summed E-state index contributed by atoms with van der Waals surface area (Å²) < 4.78 is 0. The lowest BCUT2D eigenvalue weighted by molar-refractivity contribution is 0.203. The molecule has 0 radical (unpaired) electrons. The van der Waals surface area contributed by atoms with Gasteiger partial charge in [-0.1, -0.05) is 6.07 Å². The molecule has 1 saturated heterocycles. The van der Waals surface area contributed by atoms with Crippen LogP contribution in [-0.4, -0.2) is 29.8 Å². The van der Waals surface area contributed by atoms with E-state index in [1.54, 1.807) is 0 Å². The van der Waals surface area contributed by atoms with Crippen LogP contribution in [0.5, 0.6) is 0 Å². The highest BCUT2D eigenvalue weighted by molar-refractivity contribution is 5.40. The fraction of sp³-hybridized carbons (Fsp3) is 0.615. The number of aliphatic hydroxyl groups excluding tert-OH is 1. The SMILES string of the molecule is C[C@H](N)c1ccc(N2CCC(CO)CC2)nc1.